The van der Waals surface area contributed by atoms with Crippen LogP contribution in [0.1, 0.15) is 51.9 Å². The maximum absolute atomic E-state index is 12.4. The molecule has 7 heteroatoms. The summed E-state index contributed by atoms with van der Waals surface area (Å²) >= 11 is 6.02. The van der Waals surface area contributed by atoms with Gasteiger partial charge < -0.3 is 5.32 Å². The van der Waals surface area contributed by atoms with Crippen molar-refractivity contribution in [2.75, 3.05) is 0 Å². The Morgan fingerprint density at radius 2 is 1.74 bits per heavy atom. The number of hydrogen-bond donors (Lipinski definition) is 2. The Kier molecular flexibility index (Phi) is 6.24. The monoisotopic (exact) mass is 360 g/mol. The Balaban J connectivity index is 3.16. The summed E-state index contributed by atoms with van der Waals surface area (Å²) in [6, 6.07) is 4.22. The van der Waals surface area contributed by atoms with Crippen molar-refractivity contribution in [2.45, 2.75) is 58.0 Å². The summed E-state index contributed by atoms with van der Waals surface area (Å²) in [5, 5.41) is 2.92. The summed E-state index contributed by atoms with van der Waals surface area (Å²) in [5.74, 6) is -0.0490. The van der Waals surface area contributed by atoms with E-state index in [0.29, 0.717) is 0 Å². The van der Waals surface area contributed by atoms with Gasteiger partial charge in [-0.3, -0.25) is 4.79 Å². The van der Waals surface area contributed by atoms with E-state index in [9.17, 15) is 13.2 Å². The van der Waals surface area contributed by atoms with Crippen LogP contribution in [0.15, 0.2) is 23.1 Å². The Morgan fingerprint density at radius 1 is 1.17 bits per heavy atom. The molecule has 0 aliphatic carbocycles. The molecule has 1 amide bonds. The highest BCUT2D eigenvalue weighted by molar-refractivity contribution is 7.89. The van der Waals surface area contributed by atoms with Crippen LogP contribution in [0, 0.1) is 5.92 Å². The number of benzene rings is 1. The second kappa shape index (κ2) is 7.20. The minimum atomic E-state index is -3.81. The Bertz CT molecular complexity index is 679. The highest BCUT2D eigenvalue weighted by atomic mass is 35.5. The van der Waals surface area contributed by atoms with Gasteiger partial charge >= 0.3 is 0 Å². The van der Waals surface area contributed by atoms with Gasteiger partial charge in [0.15, 0.2) is 0 Å². The van der Waals surface area contributed by atoms with Crippen molar-refractivity contribution in [2.24, 2.45) is 5.92 Å². The highest BCUT2D eigenvalue weighted by Crippen LogP contribution is 2.24. The SMILES string of the molecule is CC(C)C(C)NC(=O)c1ccc(Cl)c(S(=O)(=O)NC(C)(C)C)c1. The molecule has 1 rings (SSSR count). The number of carbonyl (C=O) groups excluding carboxylic acids is 1. The van der Waals surface area contributed by atoms with Gasteiger partial charge in [0.2, 0.25) is 10.0 Å². The molecule has 5 nitrogen and oxygen atoms in total. The van der Waals surface area contributed by atoms with Crippen LogP contribution in [0.5, 0.6) is 0 Å². The molecule has 0 heterocycles. The van der Waals surface area contributed by atoms with Crippen LogP contribution in [-0.4, -0.2) is 25.9 Å². The van der Waals surface area contributed by atoms with Crippen molar-refractivity contribution in [3.05, 3.63) is 28.8 Å². The smallest absolute Gasteiger partial charge is 0.251 e. The maximum atomic E-state index is 12.4. The zero-order valence-corrected chi connectivity index (χ0v) is 16.0. The van der Waals surface area contributed by atoms with E-state index in [-0.39, 0.29) is 33.3 Å². The summed E-state index contributed by atoms with van der Waals surface area (Å²) in [6.45, 7) is 11.1. The largest absolute Gasteiger partial charge is 0.349 e. The molecule has 0 bridgehead atoms. The third-order valence-corrected chi connectivity index (χ3v) is 5.52. The predicted molar refractivity (Wildman–Crippen MR) is 93.3 cm³/mol. The summed E-state index contributed by atoms with van der Waals surface area (Å²) in [6.07, 6.45) is 0. The molecule has 0 aliphatic rings. The molecular formula is C16H25ClN2O3S. The molecule has 0 radical (unpaired) electrons. The van der Waals surface area contributed by atoms with Gasteiger partial charge in [-0.15, -0.1) is 0 Å². The second-order valence-corrected chi connectivity index (χ2v) is 9.06. The van der Waals surface area contributed by atoms with Crippen molar-refractivity contribution >= 4 is 27.5 Å². The van der Waals surface area contributed by atoms with Gasteiger partial charge in [0.05, 0.1) is 5.02 Å². The van der Waals surface area contributed by atoms with Crippen molar-refractivity contribution in [1.29, 1.82) is 0 Å². The first-order valence-corrected chi connectivity index (χ1v) is 9.34. The Labute approximate surface area is 143 Å². The van der Waals surface area contributed by atoms with Crippen LogP contribution in [0.4, 0.5) is 0 Å². The number of halogens is 1. The zero-order chi connectivity index (χ0) is 18.0. The van der Waals surface area contributed by atoms with Gasteiger partial charge in [0.1, 0.15) is 4.90 Å². The normalized spacial score (nSPS) is 13.9. The molecule has 0 aromatic heterocycles. The van der Waals surface area contributed by atoms with Crippen LogP contribution in [0.3, 0.4) is 0 Å². The van der Waals surface area contributed by atoms with Crippen LogP contribution >= 0.6 is 11.6 Å². The number of nitrogens with one attached hydrogen (secondary N) is 2. The fourth-order valence-electron chi connectivity index (χ4n) is 1.77. The number of sulfonamides is 1. The van der Waals surface area contributed by atoms with E-state index < -0.39 is 15.6 Å². The van der Waals surface area contributed by atoms with Gasteiger partial charge in [-0.25, -0.2) is 13.1 Å². The van der Waals surface area contributed by atoms with Crippen molar-refractivity contribution in [3.8, 4) is 0 Å². The van der Waals surface area contributed by atoms with E-state index in [4.69, 9.17) is 11.6 Å². The molecule has 130 valence electrons. The average Bonchev–Trinajstić information content (AvgIpc) is 2.35. The standard InChI is InChI=1S/C16H25ClN2O3S/c1-10(2)11(3)18-15(20)12-7-8-13(17)14(9-12)23(21,22)19-16(4,5)6/h7-11,19H,1-6H3,(H,18,20). The second-order valence-electron chi connectivity index (χ2n) is 7.01. The fraction of sp³-hybridized carbons (Fsp3) is 0.562. The van der Waals surface area contributed by atoms with Crippen LogP contribution < -0.4 is 10.0 Å². The molecule has 1 aromatic carbocycles. The van der Waals surface area contributed by atoms with E-state index in [1.54, 1.807) is 20.8 Å². The summed E-state index contributed by atoms with van der Waals surface area (Å²) in [7, 11) is -3.81. The van der Waals surface area contributed by atoms with E-state index in [0.717, 1.165) is 0 Å². The number of carbonyl (C=O) groups is 1. The van der Waals surface area contributed by atoms with Crippen molar-refractivity contribution in [3.63, 3.8) is 0 Å². The number of amides is 1. The van der Waals surface area contributed by atoms with E-state index in [2.05, 4.69) is 10.0 Å². The third-order valence-electron chi connectivity index (χ3n) is 3.28. The average molecular weight is 361 g/mol. The van der Waals surface area contributed by atoms with Gasteiger partial charge in [-0.05, 0) is 51.8 Å². The third kappa shape index (κ3) is 5.79. The lowest BCUT2D eigenvalue weighted by atomic mass is 10.1. The first kappa shape index (κ1) is 19.9. The van der Waals surface area contributed by atoms with Gasteiger partial charge in [-0.1, -0.05) is 25.4 Å². The molecule has 1 unspecified atom stereocenters. The van der Waals surface area contributed by atoms with Crippen LogP contribution in [0.25, 0.3) is 0 Å². The van der Waals surface area contributed by atoms with Crippen molar-refractivity contribution < 1.29 is 13.2 Å². The van der Waals surface area contributed by atoms with Crippen LogP contribution in [0.2, 0.25) is 5.02 Å². The molecule has 0 spiro atoms. The lowest BCUT2D eigenvalue weighted by Crippen LogP contribution is -2.40. The topological polar surface area (TPSA) is 75.3 Å². The molecule has 0 saturated heterocycles. The quantitative estimate of drug-likeness (QED) is 0.846. The molecule has 1 aromatic rings. The predicted octanol–water partition coefficient (Wildman–Crippen LogP) is 3.19. The molecule has 23 heavy (non-hydrogen) atoms. The number of rotatable bonds is 5. The summed E-state index contributed by atoms with van der Waals surface area (Å²) in [4.78, 5) is 12.2. The molecular weight excluding hydrogens is 336 g/mol. The molecule has 0 aliphatic heterocycles. The van der Waals surface area contributed by atoms with Crippen molar-refractivity contribution in [1.82, 2.24) is 10.0 Å². The summed E-state index contributed by atoms with van der Waals surface area (Å²) in [5.41, 5.74) is -0.386. The lowest BCUT2D eigenvalue weighted by molar-refractivity contribution is 0.0930. The van der Waals surface area contributed by atoms with E-state index in [1.165, 1.54) is 18.2 Å². The molecule has 0 fully saturated rings. The van der Waals surface area contributed by atoms with Gasteiger partial charge in [0.25, 0.3) is 5.91 Å². The Morgan fingerprint density at radius 3 is 2.22 bits per heavy atom. The Hall–Kier alpha value is -1.11. The zero-order valence-electron chi connectivity index (χ0n) is 14.4. The van der Waals surface area contributed by atoms with E-state index >= 15 is 0 Å². The van der Waals surface area contributed by atoms with Gasteiger partial charge in [-0.2, -0.15) is 0 Å². The molecule has 0 saturated carbocycles. The number of hydrogen-bond acceptors (Lipinski definition) is 3. The fourth-order valence-corrected chi connectivity index (χ4v) is 3.71. The summed E-state index contributed by atoms with van der Waals surface area (Å²) < 4.78 is 27.4. The first-order chi connectivity index (χ1) is 10.3. The maximum Gasteiger partial charge on any atom is 0.251 e. The lowest BCUT2D eigenvalue weighted by Gasteiger charge is -2.21. The highest BCUT2D eigenvalue weighted by Gasteiger charge is 2.25. The minimum absolute atomic E-state index is 0.0223. The minimum Gasteiger partial charge on any atom is -0.349 e. The first-order valence-electron chi connectivity index (χ1n) is 7.48. The van der Waals surface area contributed by atoms with E-state index in [1.807, 2.05) is 20.8 Å². The molecule has 1 atom stereocenters. The van der Waals surface area contributed by atoms with Gasteiger partial charge in [0, 0.05) is 17.1 Å². The van der Waals surface area contributed by atoms with Crippen LogP contribution in [-0.2, 0) is 10.0 Å². The molecule has 2 N–H and O–H groups in total.